The number of hydrogen-bond donors (Lipinski definition) is 1. The van der Waals surface area contributed by atoms with Crippen molar-refractivity contribution in [1.29, 1.82) is 0 Å². The van der Waals surface area contributed by atoms with Crippen LogP contribution in [0.5, 0.6) is 5.75 Å². The highest BCUT2D eigenvalue weighted by Gasteiger charge is 2.33. The van der Waals surface area contributed by atoms with Gasteiger partial charge in [0.1, 0.15) is 28.6 Å². The third kappa shape index (κ3) is 1.96. The number of hydrogen-bond acceptors (Lipinski definition) is 6. The number of aromatic nitrogens is 4. The van der Waals surface area contributed by atoms with E-state index in [4.69, 9.17) is 4.84 Å². The van der Waals surface area contributed by atoms with Crippen molar-refractivity contribution in [3.8, 4) is 10.8 Å². The first-order chi connectivity index (χ1) is 10.3. The number of thiazole rings is 1. The molecule has 7 nitrogen and oxygen atoms in total. The number of benzene rings is 1. The molecule has 0 radical (unpaired) electrons. The predicted octanol–water partition coefficient (Wildman–Crippen LogP) is 1.28. The Kier molecular flexibility index (Phi) is 2.68. The molecule has 0 fully saturated rings. The standard InChI is InChI=1S/C13H9N5O2S/c19-12-11(8-3-1-2-4-9(8)20-17-12)13-15-5-10(21-13)18-7-14-6-16-18/h1-7,11H,(H,17,19). The van der Waals surface area contributed by atoms with Gasteiger partial charge in [0.2, 0.25) is 0 Å². The molecule has 1 aliphatic rings. The van der Waals surface area contributed by atoms with Crippen molar-refractivity contribution in [2.75, 3.05) is 0 Å². The molecule has 1 N–H and O–H groups in total. The van der Waals surface area contributed by atoms with Crippen molar-refractivity contribution in [1.82, 2.24) is 25.2 Å². The zero-order chi connectivity index (χ0) is 14.2. The molecule has 0 aliphatic carbocycles. The number of nitrogens with one attached hydrogen (secondary N) is 1. The van der Waals surface area contributed by atoms with E-state index in [1.165, 1.54) is 17.7 Å². The minimum absolute atomic E-state index is 0.229. The van der Waals surface area contributed by atoms with Gasteiger partial charge < -0.3 is 4.84 Å². The lowest BCUT2D eigenvalue weighted by Crippen LogP contribution is -2.37. The first kappa shape index (κ1) is 12.0. The molecule has 0 saturated heterocycles. The largest absolute Gasteiger partial charge is 0.379 e. The molecule has 1 aromatic carbocycles. The summed E-state index contributed by atoms with van der Waals surface area (Å²) < 4.78 is 1.62. The Morgan fingerprint density at radius 2 is 2.24 bits per heavy atom. The fraction of sp³-hybridized carbons (Fsp3) is 0.0769. The molecular weight excluding hydrogens is 290 g/mol. The summed E-state index contributed by atoms with van der Waals surface area (Å²) in [5.41, 5.74) is 3.23. The Bertz CT molecular complexity index is 799. The summed E-state index contributed by atoms with van der Waals surface area (Å²) in [6.45, 7) is 0. The van der Waals surface area contributed by atoms with Crippen LogP contribution in [0, 0.1) is 0 Å². The lowest BCUT2D eigenvalue weighted by Gasteiger charge is -2.23. The quantitative estimate of drug-likeness (QED) is 0.771. The number of hydroxylamine groups is 1. The van der Waals surface area contributed by atoms with Crippen LogP contribution in [0.15, 0.2) is 43.1 Å². The second-order valence-electron chi connectivity index (χ2n) is 4.42. The molecule has 0 spiro atoms. The van der Waals surface area contributed by atoms with Crippen LogP contribution in [0.1, 0.15) is 16.5 Å². The summed E-state index contributed by atoms with van der Waals surface area (Å²) in [4.78, 5) is 25.6. The molecule has 104 valence electrons. The maximum absolute atomic E-state index is 12.1. The summed E-state index contributed by atoms with van der Waals surface area (Å²) in [6, 6.07) is 7.42. The molecule has 4 rings (SSSR count). The van der Waals surface area contributed by atoms with E-state index in [1.807, 2.05) is 24.3 Å². The minimum Gasteiger partial charge on any atom is -0.379 e. The Morgan fingerprint density at radius 3 is 3.10 bits per heavy atom. The summed E-state index contributed by atoms with van der Waals surface area (Å²) >= 11 is 1.40. The lowest BCUT2D eigenvalue weighted by atomic mass is 9.97. The second kappa shape index (κ2) is 4.67. The summed E-state index contributed by atoms with van der Waals surface area (Å²) in [5, 5.41) is 5.55. The van der Waals surface area contributed by atoms with E-state index in [-0.39, 0.29) is 5.91 Å². The van der Waals surface area contributed by atoms with Gasteiger partial charge in [0.15, 0.2) is 5.75 Å². The Balaban J connectivity index is 1.78. The number of fused-ring (bicyclic) bond motifs is 1. The number of rotatable bonds is 2. The molecule has 3 heterocycles. The fourth-order valence-corrected chi connectivity index (χ4v) is 3.17. The molecule has 8 heteroatoms. The predicted molar refractivity (Wildman–Crippen MR) is 74.1 cm³/mol. The Hall–Kier alpha value is -2.74. The van der Waals surface area contributed by atoms with Gasteiger partial charge in [-0.05, 0) is 6.07 Å². The molecule has 2 aromatic heterocycles. The normalized spacial score (nSPS) is 17.0. The van der Waals surface area contributed by atoms with Crippen LogP contribution in [0.4, 0.5) is 0 Å². The molecule has 0 bridgehead atoms. The van der Waals surface area contributed by atoms with Crippen molar-refractivity contribution < 1.29 is 9.63 Å². The Labute approximate surface area is 123 Å². The van der Waals surface area contributed by atoms with Crippen molar-refractivity contribution in [2.24, 2.45) is 0 Å². The van der Waals surface area contributed by atoms with Crippen molar-refractivity contribution >= 4 is 17.2 Å². The smallest absolute Gasteiger partial charge is 0.267 e. The molecule has 3 aromatic rings. The number of amides is 1. The first-order valence-corrected chi connectivity index (χ1v) is 7.01. The van der Waals surface area contributed by atoms with E-state index in [2.05, 4.69) is 20.5 Å². The van der Waals surface area contributed by atoms with Gasteiger partial charge in [-0.3, -0.25) is 4.79 Å². The van der Waals surface area contributed by atoms with Gasteiger partial charge in [-0.15, -0.1) is 0 Å². The highest BCUT2D eigenvalue weighted by molar-refractivity contribution is 7.14. The van der Waals surface area contributed by atoms with Crippen LogP contribution < -0.4 is 10.3 Å². The fourth-order valence-electron chi connectivity index (χ4n) is 2.20. The summed E-state index contributed by atoms with van der Waals surface area (Å²) in [7, 11) is 0. The minimum atomic E-state index is -0.475. The van der Waals surface area contributed by atoms with Crippen LogP contribution in [-0.4, -0.2) is 25.7 Å². The molecule has 21 heavy (non-hydrogen) atoms. The van der Waals surface area contributed by atoms with Crippen molar-refractivity contribution in [2.45, 2.75) is 5.92 Å². The Morgan fingerprint density at radius 1 is 1.33 bits per heavy atom. The monoisotopic (exact) mass is 299 g/mol. The highest BCUT2D eigenvalue weighted by atomic mass is 32.1. The average Bonchev–Trinajstić information content (AvgIpc) is 3.18. The van der Waals surface area contributed by atoms with Crippen LogP contribution in [0.25, 0.3) is 5.00 Å². The first-order valence-electron chi connectivity index (χ1n) is 6.19. The van der Waals surface area contributed by atoms with Crippen molar-refractivity contribution in [3.05, 3.63) is 53.7 Å². The van der Waals surface area contributed by atoms with E-state index in [9.17, 15) is 4.79 Å². The zero-order valence-corrected chi connectivity index (χ0v) is 11.4. The molecule has 1 aliphatic heterocycles. The third-order valence-electron chi connectivity index (χ3n) is 3.16. The number of carbonyl (C=O) groups is 1. The van der Waals surface area contributed by atoms with Gasteiger partial charge in [0.05, 0.1) is 6.20 Å². The van der Waals surface area contributed by atoms with E-state index in [0.29, 0.717) is 10.8 Å². The van der Waals surface area contributed by atoms with Gasteiger partial charge in [-0.2, -0.15) is 10.6 Å². The van der Waals surface area contributed by atoms with Crippen LogP contribution >= 0.6 is 11.3 Å². The lowest BCUT2D eigenvalue weighted by molar-refractivity contribution is -0.129. The van der Waals surface area contributed by atoms with E-state index >= 15 is 0 Å². The summed E-state index contributed by atoms with van der Waals surface area (Å²) in [5.74, 6) is -0.0648. The molecule has 0 saturated carbocycles. The van der Waals surface area contributed by atoms with E-state index in [0.717, 1.165) is 10.6 Å². The van der Waals surface area contributed by atoms with Gasteiger partial charge in [-0.25, -0.2) is 14.6 Å². The van der Waals surface area contributed by atoms with Crippen LogP contribution in [0.3, 0.4) is 0 Å². The zero-order valence-electron chi connectivity index (χ0n) is 10.6. The topological polar surface area (TPSA) is 81.9 Å². The average molecular weight is 299 g/mol. The van der Waals surface area contributed by atoms with Crippen molar-refractivity contribution in [3.63, 3.8) is 0 Å². The highest BCUT2D eigenvalue weighted by Crippen LogP contribution is 2.36. The third-order valence-corrected chi connectivity index (χ3v) is 4.21. The van der Waals surface area contributed by atoms with E-state index in [1.54, 1.807) is 17.2 Å². The SMILES string of the molecule is O=C1NOc2ccccc2C1c1ncc(-n2cncn2)s1. The molecule has 1 amide bonds. The number of carbonyl (C=O) groups excluding carboxylic acids is 1. The number of nitrogens with zero attached hydrogens (tertiary/aromatic N) is 4. The maximum Gasteiger partial charge on any atom is 0.267 e. The van der Waals surface area contributed by atoms with Gasteiger partial charge in [-0.1, -0.05) is 29.5 Å². The summed E-state index contributed by atoms with van der Waals surface area (Å²) in [6.07, 6.45) is 4.73. The van der Waals surface area contributed by atoms with Gasteiger partial charge in [0.25, 0.3) is 5.91 Å². The maximum atomic E-state index is 12.1. The number of para-hydroxylation sites is 1. The van der Waals surface area contributed by atoms with Crippen LogP contribution in [0.2, 0.25) is 0 Å². The van der Waals surface area contributed by atoms with Gasteiger partial charge in [0, 0.05) is 5.56 Å². The molecular formula is C13H9N5O2S. The molecule has 1 unspecified atom stereocenters. The van der Waals surface area contributed by atoms with E-state index < -0.39 is 5.92 Å². The second-order valence-corrected chi connectivity index (χ2v) is 5.46. The molecule has 1 atom stereocenters. The van der Waals surface area contributed by atoms with Gasteiger partial charge >= 0.3 is 0 Å². The van der Waals surface area contributed by atoms with Crippen LogP contribution in [-0.2, 0) is 4.79 Å².